The molecule has 2 aromatic heterocycles. The van der Waals surface area contributed by atoms with Crippen molar-refractivity contribution in [2.45, 2.75) is 50.8 Å². The summed E-state index contributed by atoms with van der Waals surface area (Å²) in [6.45, 7) is 3.77. The number of fused-ring (bicyclic) bond motifs is 3. The fraction of sp³-hybridized carbons (Fsp3) is 0.243. The molecule has 0 aliphatic heterocycles. The van der Waals surface area contributed by atoms with Gasteiger partial charge >= 0.3 is 0 Å². The van der Waals surface area contributed by atoms with Crippen LogP contribution in [0.15, 0.2) is 113 Å². The molecule has 0 saturated carbocycles. The summed E-state index contributed by atoms with van der Waals surface area (Å²) < 4.78 is 51.4. The second kappa shape index (κ2) is 20.5. The lowest BCUT2D eigenvalue weighted by atomic mass is 10.0. The largest absolute Gasteiger partial charge is 0.493 e. The van der Waals surface area contributed by atoms with Crippen molar-refractivity contribution >= 4 is 79.3 Å². The second-order valence-electron chi connectivity index (χ2n) is 12.7. The van der Waals surface area contributed by atoms with E-state index in [9.17, 15) is 23.3 Å². The van der Waals surface area contributed by atoms with E-state index in [0.29, 0.717) is 71.4 Å². The Hall–Kier alpha value is -5.65. The number of pyridine rings is 1. The van der Waals surface area contributed by atoms with Crippen molar-refractivity contribution in [2.75, 3.05) is 12.4 Å². The lowest BCUT2D eigenvalue weighted by molar-refractivity contribution is -0.432. The molecule has 0 unspecified atom stereocenters. The van der Waals surface area contributed by atoms with Gasteiger partial charge in [0.1, 0.15) is 33.7 Å². The molecule has 1 aliphatic carbocycles. The Morgan fingerprint density at radius 1 is 0.933 bits per heavy atom. The molecular formula is C37H35N9O11S3. The van der Waals surface area contributed by atoms with Crippen LogP contribution < -0.4 is 4.74 Å². The summed E-state index contributed by atoms with van der Waals surface area (Å²) >= 11 is 1.69. The third kappa shape index (κ3) is 10.6. The number of para-hydroxylation sites is 2. The van der Waals surface area contributed by atoms with Crippen LogP contribution in [-0.4, -0.2) is 50.3 Å². The van der Waals surface area contributed by atoms with Crippen molar-refractivity contribution in [3.63, 3.8) is 0 Å². The van der Waals surface area contributed by atoms with E-state index in [4.69, 9.17) is 15.3 Å². The monoisotopic (exact) mass is 877 g/mol. The molecule has 0 bridgehead atoms. The highest BCUT2D eigenvalue weighted by atomic mass is 32.2. The van der Waals surface area contributed by atoms with E-state index in [-0.39, 0.29) is 52.2 Å². The summed E-state index contributed by atoms with van der Waals surface area (Å²) in [5.41, 5.74) is 3.77. The van der Waals surface area contributed by atoms with Gasteiger partial charge in [-0.05, 0) is 86.7 Å². The number of aryl methyl sites for hydroxylation is 1. The number of nitrogens with zero attached hydrogens (tertiary/aromatic N) is 9. The zero-order valence-corrected chi connectivity index (χ0v) is 34.1. The van der Waals surface area contributed by atoms with Gasteiger partial charge in [0.15, 0.2) is 11.3 Å². The van der Waals surface area contributed by atoms with E-state index in [2.05, 4.69) is 60.5 Å². The molecule has 2 heterocycles. The number of azo groups is 3. The fourth-order valence-corrected chi connectivity index (χ4v) is 7.36. The van der Waals surface area contributed by atoms with E-state index in [1.165, 1.54) is 22.6 Å². The molecule has 6 rings (SSSR count). The molecule has 60 heavy (non-hydrogen) atoms. The molecule has 3 aromatic carbocycles. The number of ether oxygens (including phenoxy) is 1. The van der Waals surface area contributed by atoms with Crippen LogP contribution in [0, 0.1) is 18.3 Å². The molecule has 0 saturated heterocycles. The summed E-state index contributed by atoms with van der Waals surface area (Å²) in [6, 6.07) is 16.4. The predicted molar refractivity (Wildman–Crippen MR) is 219 cm³/mol. The third-order valence-electron chi connectivity index (χ3n) is 8.69. The number of imidazole rings is 1. The first kappa shape index (κ1) is 43.9. The van der Waals surface area contributed by atoms with Crippen LogP contribution in [0.25, 0.3) is 16.7 Å². The minimum Gasteiger partial charge on any atom is -0.493 e. The quantitative estimate of drug-likeness (QED) is 0.0150. The molecule has 4 N–H and O–H groups in total. The van der Waals surface area contributed by atoms with Gasteiger partial charge in [0.2, 0.25) is 5.88 Å². The molecule has 20 nitrogen and oxygen atoms in total. The number of nitriles is 1. The van der Waals surface area contributed by atoms with Crippen molar-refractivity contribution in [3.05, 3.63) is 94.0 Å². The maximum atomic E-state index is 12.5. The number of aromatic hydroxyl groups is 1. The molecular weight excluding hydrogens is 843 g/mol. The summed E-state index contributed by atoms with van der Waals surface area (Å²) in [6.07, 6.45) is 5.85. The van der Waals surface area contributed by atoms with Crippen molar-refractivity contribution in [3.8, 4) is 17.7 Å². The number of aromatic nitrogens is 2. The molecule has 0 atom stereocenters. The van der Waals surface area contributed by atoms with Gasteiger partial charge in [-0.1, -0.05) is 35.6 Å². The number of hydrogen-bond acceptors (Lipinski definition) is 20. The van der Waals surface area contributed by atoms with Crippen LogP contribution in [0.5, 0.6) is 11.6 Å². The summed E-state index contributed by atoms with van der Waals surface area (Å²) in [7, 11) is -4.80. The summed E-state index contributed by atoms with van der Waals surface area (Å²) in [5.74, 6) is 0.309. The van der Waals surface area contributed by atoms with Gasteiger partial charge in [-0.15, -0.1) is 24.0 Å². The Kier molecular flexibility index (Phi) is 15.0. The van der Waals surface area contributed by atoms with Gasteiger partial charge < -0.3 is 9.84 Å². The average Bonchev–Trinajstić information content (AvgIpc) is 3.63. The highest BCUT2D eigenvalue weighted by Crippen LogP contribution is 2.42. The predicted octanol–water partition coefficient (Wildman–Crippen LogP) is 11.0. The van der Waals surface area contributed by atoms with Crippen LogP contribution in [0.2, 0.25) is 0 Å². The fourth-order valence-electron chi connectivity index (χ4n) is 5.94. The van der Waals surface area contributed by atoms with Gasteiger partial charge in [0.05, 0.1) is 46.8 Å². The lowest BCUT2D eigenvalue weighted by Gasteiger charge is -2.13. The van der Waals surface area contributed by atoms with Gasteiger partial charge in [0.25, 0.3) is 10.1 Å². The smallest absolute Gasteiger partial charge is 0.296 e. The first-order chi connectivity index (χ1) is 29.1. The Balaban J connectivity index is 1.34. The SMILES string of the molecule is CCCc1c(N=Nc2cc(C)c(N=Nc3ccc(N=NC4=CC=C(SOOO)CC4)cc3S(=O)(=O)O)cc2OCCCSOOO)c(O)n2c(nc3ccccc32)c1C#N. The van der Waals surface area contributed by atoms with Gasteiger partial charge in [-0.2, -0.15) is 29.0 Å². The van der Waals surface area contributed by atoms with Crippen LogP contribution in [0.4, 0.5) is 28.4 Å². The molecule has 0 radical (unpaired) electrons. The minimum absolute atomic E-state index is 0.0788. The van der Waals surface area contributed by atoms with Crippen molar-refractivity contribution in [1.29, 1.82) is 5.26 Å². The van der Waals surface area contributed by atoms with E-state index < -0.39 is 15.0 Å². The Labute approximate surface area is 350 Å². The van der Waals surface area contributed by atoms with E-state index in [1.807, 2.05) is 13.0 Å². The van der Waals surface area contributed by atoms with Crippen LogP contribution in [0.1, 0.15) is 49.3 Å². The molecule has 0 fully saturated rings. The molecule has 23 heteroatoms. The standard InChI is InChI=1S/C37H35N9O11S3/c1-3-7-26-27(21-38)36-39-28-8-4-5-9-32(28)46(36)37(47)35(26)45-44-31-18-22(2)30(20-33(31)53-16-6-17-58-56-54-48)43-42-29-15-12-24(19-34(29)60(50,51)52)41-40-23-10-13-25(14-11-23)59-57-55-49/h4-5,8-10,12-13,15,18-20,47-49H,3,6-7,11,14,16-17H2,1-2H3,(H,50,51,52). The van der Waals surface area contributed by atoms with Crippen molar-refractivity contribution in [1.82, 2.24) is 9.38 Å². The Morgan fingerprint density at radius 3 is 2.45 bits per heavy atom. The van der Waals surface area contributed by atoms with Gasteiger partial charge in [0, 0.05) is 34.3 Å². The zero-order chi connectivity index (χ0) is 42.6. The second-order valence-corrected chi connectivity index (χ2v) is 15.7. The maximum Gasteiger partial charge on any atom is 0.296 e. The normalized spacial score (nSPS) is 13.5. The highest BCUT2D eigenvalue weighted by Gasteiger charge is 2.23. The molecule has 1 aliphatic rings. The Bertz CT molecular complexity index is 2700. The maximum absolute atomic E-state index is 12.5. The molecule has 5 aromatic rings. The van der Waals surface area contributed by atoms with Gasteiger partial charge in [-0.3, -0.25) is 8.95 Å². The lowest BCUT2D eigenvalue weighted by Crippen LogP contribution is -2.00. The minimum atomic E-state index is -4.80. The first-order valence-electron chi connectivity index (χ1n) is 17.9. The zero-order valence-electron chi connectivity index (χ0n) is 31.7. The number of allylic oxidation sites excluding steroid dienone is 4. The first-order valence-corrected chi connectivity index (χ1v) is 21.0. The molecule has 0 spiro atoms. The number of benzene rings is 3. The number of hydrogen-bond donors (Lipinski definition) is 4. The number of rotatable bonds is 19. The van der Waals surface area contributed by atoms with Crippen molar-refractivity contribution < 1.29 is 52.1 Å². The summed E-state index contributed by atoms with van der Waals surface area (Å²) in [5, 5.41) is 71.5. The topological polar surface area (TPSA) is 276 Å². The van der Waals surface area contributed by atoms with Crippen LogP contribution >= 0.6 is 24.1 Å². The molecule has 0 amide bonds. The third-order valence-corrected chi connectivity index (χ3v) is 10.9. The van der Waals surface area contributed by atoms with Crippen LogP contribution in [-0.2, 0) is 35.3 Å². The highest BCUT2D eigenvalue weighted by molar-refractivity contribution is 7.98. The van der Waals surface area contributed by atoms with Crippen molar-refractivity contribution in [2.24, 2.45) is 30.7 Å². The van der Waals surface area contributed by atoms with E-state index >= 15 is 0 Å². The molecule has 312 valence electrons. The summed E-state index contributed by atoms with van der Waals surface area (Å²) in [4.78, 5) is 4.82. The average molecular weight is 878 g/mol. The van der Waals surface area contributed by atoms with Gasteiger partial charge in [-0.25, -0.2) is 15.5 Å². The van der Waals surface area contributed by atoms with E-state index in [0.717, 1.165) is 35.1 Å². The van der Waals surface area contributed by atoms with E-state index in [1.54, 1.807) is 43.3 Å². The van der Waals surface area contributed by atoms with Crippen LogP contribution in [0.3, 0.4) is 0 Å². The Morgan fingerprint density at radius 2 is 1.72 bits per heavy atom.